The van der Waals surface area contributed by atoms with Crippen LogP contribution in [0.4, 0.5) is 0 Å². The molecule has 1 aromatic heterocycles. The van der Waals surface area contributed by atoms with Crippen molar-refractivity contribution in [1.29, 1.82) is 0 Å². The van der Waals surface area contributed by atoms with Crippen LogP contribution in [0.1, 0.15) is 16.2 Å². The summed E-state index contributed by atoms with van der Waals surface area (Å²) in [4.78, 5) is 15.2. The first-order valence-corrected chi connectivity index (χ1v) is 4.50. The minimum absolute atomic E-state index is 0.118. The summed E-state index contributed by atoms with van der Waals surface area (Å²) in [5, 5.41) is 11.8. The number of aromatic nitrogens is 1. The number of oxazole rings is 1. The van der Waals surface area contributed by atoms with Crippen molar-refractivity contribution in [1.82, 2.24) is 10.3 Å². The number of carbonyl (C=O) groups excluding carboxylic acids is 1. The van der Waals surface area contributed by atoms with Crippen LogP contribution in [-0.2, 0) is 4.74 Å². The second kappa shape index (κ2) is 5.47. The molecule has 1 amide bonds. The summed E-state index contributed by atoms with van der Waals surface area (Å²) in [6.45, 7) is 1.96. The fourth-order valence-corrected chi connectivity index (χ4v) is 1.06. The lowest BCUT2D eigenvalue weighted by molar-refractivity contribution is 0.0603. The Morgan fingerprint density at radius 1 is 1.80 bits per heavy atom. The first-order valence-electron chi connectivity index (χ1n) is 4.50. The van der Waals surface area contributed by atoms with Gasteiger partial charge in [-0.25, -0.2) is 4.98 Å². The molecule has 0 aromatic carbocycles. The zero-order chi connectivity index (χ0) is 11.3. The van der Waals surface area contributed by atoms with Gasteiger partial charge in [0.15, 0.2) is 6.39 Å². The van der Waals surface area contributed by atoms with Crippen molar-refractivity contribution in [3.8, 4) is 0 Å². The van der Waals surface area contributed by atoms with Gasteiger partial charge in [-0.2, -0.15) is 0 Å². The van der Waals surface area contributed by atoms with Gasteiger partial charge in [-0.05, 0) is 6.92 Å². The van der Waals surface area contributed by atoms with Gasteiger partial charge in [-0.15, -0.1) is 0 Å². The van der Waals surface area contributed by atoms with Crippen molar-refractivity contribution in [2.24, 2.45) is 0 Å². The van der Waals surface area contributed by atoms with Crippen LogP contribution in [-0.4, -0.2) is 42.4 Å². The summed E-state index contributed by atoms with van der Waals surface area (Å²) >= 11 is 0. The van der Waals surface area contributed by atoms with Crippen LogP contribution in [0.25, 0.3) is 0 Å². The third-order valence-corrected chi connectivity index (χ3v) is 1.81. The van der Waals surface area contributed by atoms with Crippen molar-refractivity contribution >= 4 is 5.91 Å². The monoisotopic (exact) mass is 214 g/mol. The maximum absolute atomic E-state index is 11.4. The van der Waals surface area contributed by atoms with Crippen molar-refractivity contribution in [3.05, 3.63) is 17.8 Å². The summed E-state index contributed by atoms with van der Waals surface area (Å²) in [6, 6.07) is 0. The average molecular weight is 214 g/mol. The molecule has 1 aromatic rings. The van der Waals surface area contributed by atoms with Crippen molar-refractivity contribution in [2.45, 2.75) is 13.0 Å². The van der Waals surface area contributed by atoms with Crippen molar-refractivity contribution < 1.29 is 19.1 Å². The molecule has 6 heteroatoms. The molecule has 6 nitrogen and oxygen atoms in total. The molecule has 1 atom stereocenters. The molecule has 1 unspecified atom stereocenters. The zero-order valence-corrected chi connectivity index (χ0v) is 8.69. The van der Waals surface area contributed by atoms with Crippen LogP contribution in [0.3, 0.4) is 0 Å². The number of amides is 1. The van der Waals surface area contributed by atoms with Gasteiger partial charge in [0.05, 0.1) is 18.4 Å². The Morgan fingerprint density at radius 3 is 3.07 bits per heavy atom. The highest BCUT2D eigenvalue weighted by Gasteiger charge is 2.14. The molecular weight excluding hydrogens is 200 g/mol. The van der Waals surface area contributed by atoms with Gasteiger partial charge in [-0.1, -0.05) is 0 Å². The van der Waals surface area contributed by atoms with Gasteiger partial charge in [0, 0.05) is 13.7 Å². The van der Waals surface area contributed by atoms with Crippen LogP contribution in [0, 0.1) is 6.92 Å². The Labute approximate surface area is 87.3 Å². The topological polar surface area (TPSA) is 84.6 Å². The van der Waals surface area contributed by atoms with E-state index in [1.165, 1.54) is 13.5 Å². The number of nitrogens with one attached hydrogen (secondary N) is 1. The first kappa shape index (κ1) is 11.7. The van der Waals surface area contributed by atoms with E-state index in [2.05, 4.69) is 10.3 Å². The molecule has 0 aliphatic carbocycles. The number of hydrogen-bond donors (Lipinski definition) is 2. The SMILES string of the molecule is COCC(O)CNC(=O)c1ocnc1C. The molecule has 2 N–H and O–H groups in total. The van der Waals surface area contributed by atoms with Gasteiger partial charge in [0.2, 0.25) is 5.76 Å². The Balaban J connectivity index is 2.40. The van der Waals surface area contributed by atoms with Gasteiger partial charge >= 0.3 is 0 Å². The third kappa shape index (κ3) is 3.34. The number of carbonyl (C=O) groups is 1. The van der Waals surface area contributed by atoms with Gasteiger partial charge in [0.1, 0.15) is 0 Å². The number of aliphatic hydroxyl groups is 1. The number of aryl methyl sites for hydroxylation is 1. The van der Waals surface area contributed by atoms with E-state index in [0.29, 0.717) is 5.69 Å². The molecular formula is C9H14N2O4. The van der Waals surface area contributed by atoms with E-state index in [0.717, 1.165) is 0 Å². The van der Waals surface area contributed by atoms with Gasteiger partial charge < -0.3 is 19.6 Å². The quantitative estimate of drug-likeness (QED) is 0.704. The molecule has 15 heavy (non-hydrogen) atoms. The van der Waals surface area contributed by atoms with Crippen LogP contribution in [0.15, 0.2) is 10.8 Å². The molecule has 0 bridgehead atoms. The second-order valence-electron chi connectivity index (χ2n) is 3.09. The van der Waals surface area contributed by atoms with Crippen LogP contribution >= 0.6 is 0 Å². The highest BCUT2D eigenvalue weighted by atomic mass is 16.5. The van der Waals surface area contributed by atoms with E-state index in [1.807, 2.05) is 0 Å². The fourth-order valence-electron chi connectivity index (χ4n) is 1.06. The highest BCUT2D eigenvalue weighted by molar-refractivity contribution is 5.92. The van der Waals surface area contributed by atoms with E-state index < -0.39 is 6.10 Å². The minimum Gasteiger partial charge on any atom is -0.438 e. The van der Waals surface area contributed by atoms with Crippen LogP contribution in [0.2, 0.25) is 0 Å². The second-order valence-corrected chi connectivity index (χ2v) is 3.09. The van der Waals surface area contributed by atoms with Gasteiger partial charge in [0.25, 0.3) is 5.91 Å². The van der Waals surface area contributed by atoms with Crippen molar-refractivity contribution in [3.63, 3.8) is 0 Å². The number of methoxy groups -OCH3 is 1. The van der Waals surface area contributed by atoms with Gasteiger partial charge in [-0.3, -0.25) is 4.79 Å². The number of rotatable bonds is 5. The third-order valence-electron chi connectivity index (χ3n) is 1.81. The summed E-state index contributed by atoms with van der Waals surface area (Å²) in [7, 11) is 1.48. The summed E-state index contributed by atoms with van der Waals surface area (Å²) in [5.41, 5.74) is 0.522. The molecule has 0 aliphatic heterocycles. The molecule has 84 valence electrons. The van der Waals surface area contributed by atoms with Crippen molar-refractivity contribution in [2.75, 3.05) is 20.3 Å². The Morgan fingerprint density at radius 2 is 2.53 bits per heavy atom. The predicted molar refractivity (Wildman–Crippen MR) is 51.5 cm³/mol. The Hall–Kier alpha value is -1.40. The fraction of sp³-hybridized carbons (Fsp3) is 0.556. The lowest BCUT2D eigenvalue weighted by Crippen LogP contribution is -2.34. The lowest BCUT2D eigenvalue weighted by atomic mass is 10.3. The molecule has 0 radical (unpaired) electrons. The number of ether oxygens (including phenoxy) is 1. The molecule has 0 spiro atoms. The average Bonchev–Trinajstić information content (AvgIpc) is 2.61. The Bertz CT molecular complexity index is 324. The minimum atomic E-state index is -0.720. The van der Waals surface area contributed by atoms with E-state index in [1.54, 1.807) is 6.92 Å². The van der Waals surface area contributed by atoms with E-state index in [9.17, 15) is 9.90 Å². The molecule has 0 saturated carbocycles. The van der Waals surface area contributed by atoms with Crippen LogP contribution in [0.5, 0.6) is 0 Å². The maximum Gasteiger partial charge on any atom is 0.289 e. The Kier molecular flexibility index (Phi) is 4.26. The first-order chi connectivity index (χ1) is 7.15. The molecule has 0 saturated heterocycles. The molecule has 1 heterocycles. The standard InChI is InChI=1S/C9H14N2O4/c1-6-8(15-5-11-6)9(13)10-3-7(12)4-14-2/h5,7,12H,3-4H2,1-2H3,(H,10,13). The maximum atomic E-state index is 11.4. The number of aliphatic hydroxyl groups excluding tert-OH is 1. The molecule has 1 rings (SSSR count). The summed E-state index contributed by atoms with van der Waals surface area (Å²) in [5.74, 6) is -0.222. The highest BCUT2D eigenvalue weighted by Crippen LogP contribution is 2.03. The zero-order valence-electron chi connectivity index (χ0n) is 8.69. The predicted octanol–water partition coefficient (Wildman–Crippen LogP) is -0.280. The largest absolute Gasteiger partial charge is 0.438 e. The van der Waals surface area contributed by atoms with E-state index in [-0.39, 0.29) is 24.8 Å². The number of hydrogen-bond acceptors (Lipinski definition) is 5. The van der Waals surface area contributed by atoms with Crippen LogP contribution < -0.4 is 5.32 Å². The smallest absolute Gasteiger partial charge is 0.289 e. The number of nitrogens with zero attached hydrogens (tertiary/aromatic N) is 1. The molecule has 0 aliphatic rings. The summed E-state index contributed by atoms with van der Waals surface area (Å²) < 4.78 is 9.60. The normalized spacial score (nSPS) is 12.5. The molecule has 0 fully saturated rings. The lowest BCUT2D eigenvalue weighted by Gasteiger charge is -2.09. The summed E-state index contributed by atoms with van der Waals surface area (Å²) in [6.07, 6.45) is 0.484. The van der Waals surface area contributed by atoms with E-state index >= 15 is 0 Å². The van der Waals surface area contributed by atoms with E-state index in [4.69, 9.17) is 9.15 Å².